The number of hydrogen-bond donors (Lipinski definition) is 0. The van der Waals surface area contributed by atoms with Crippen LogP contribution in [0.5, 0.6) is 0 Å². The van der Waals surface area contributed by atoms with E-state index >= 15 is 0 Å². The van der Waals surface area contributed by atoms with Crippen LogP contribution in [-0.2, 0) is 6.42 Å². The fraction of sp³-hybridized carbons (Fsp3) is 0.636. The zero-order valence-corrected chi connectivity index (χ0v) is 9.76. The van der Waals surface area contributed by atoms with Crippen molar-refractivity contribution < 1.29 is 0 Å². The number of thiazole rings is 1. The lowest BCUT2D eigenvalue weighted by Gasteiger charge is -2.29. The number of nitriles is 1. The van der Waals surface area contributed by atoms with Crippen LogP contribution in [0.25, 0.3) is 0 Å². The average Bonchev–Trinajstić information content (AvgIpc) is 2.68. The minimum atomic E-state index is 0.488. The van der Waals surface area contributed by atoms with Gasteiger partial charge >= 0.3 is 0 Å². The van der Waals surface area contributed by atoms with E-state index in [1.165, 1.54) is 12.8 Å². The van der Waals surface area contributed by atoms with Crippen LogP contribution in [0.2, 0.25) is 0 Å². The molecule has 0 bridgehead atoms. The molecule has 1 aliphatic rings. The smallest absolute Gasteiger partial charge is 0.185 e. The zero-order valence-electron chi connectivity index (χ0n) is 8.94. The molecule has 0 unspecified atom stereocenters. The summed E-state index contributed by atoms with van der Waals surface area (Å²) in [6.07, 6.45) is 4.84. The Bertz CT molecular complexity index is 358. The maximum Gasteiger partial charge on any atom is 0.185 e. The molecule has 1 aliphatic heterocycles. The first-order valence-corrected chi connectivity index (χ1v) is 6.18. The Morgan fingerprint density at radius 3 is 3.00 bits per heavy atom. The van der Waals surface area contributed by atoms with Crippen molar-refractivity contribution in [3.8, 4) is 6.07 Å². The van der Waals surface area contributed by atoms with Crippen molar-refractivity contribution in [3.63, 3.8) is 0 Å². The summed E-state index contributed by atoms with van der Waals surface area (Å²) in [7, 11) is 0. The van der Waals surface area contributed by atoms with Gasteiger partial charge in [0.25, 0.3) is 0 Å². The highest BCUT2D eigenvalue weighted by atomic mass is 32.1. The summed E-state index contributed by atoms with van der Waals surface area (Å²) in [5.74, 6) is 0.847. The third-order valence-corrected chi connectivity index (χ3v) is 3.91. The largest absolute Gasteiger partial charge is 0.348 e. The molecule has 0 saturated carbocycles. The van der Waals surface area contributed by atoms with E-state index in [2.05, 4.69) is 22.9 Å². The molecule has 2 rings (SSSR count). The van der Waals surface area contributed by atoms with Gasteiger partial charge in [-0.2, -0.15) is 5.26 Å². The molecule has 0 radical (unpaired) electrons. The van der Waals surface area contributed by atoms with Crippen molar-refractivity contribution in [2.45, 2.75) is 26.2 Å². The summed E-state index contributed by atoms with van der Waals surface area (Å²) < 4.78 is 0. The molecule has 0 amide bonds. The molecule has 3 nitrogen and oxygen atoms in total. The normalized spacial score (nSPS) is 17.7. The minimum Gasteiger partial charge on any atom is -0.348 e. The lowest BCUT2D eigenvalue weighted by Crippen LogP contribution is -2.32. The van der Waals surface area contributed by atoms with Gasteiger partial charge in [-0.15, -0.1) is 11.3 Å². The molecule has 0 aromatic carbocycles. The Labute approximate surface area is 94.4 Å². The molecule has 1 saturated heterocycles. The quantitative estimate of drug-likeness (QED) is 0.770. The fourth-order valence-corrected chi connectivity index (χ4v) is 2.70. The highest BCUT2D eigenvalue weighted by molar-refractivity contribution is 7.15. The van der Waals surface area contributed by atoms with Crippen molar-refractivity contribution in [2.24, 2.45) is 5.92 Å². The second kappa shape index (κ2) is 4.63. The van der Waals surface area contributed by atoms with Crippen molar-refractivity contribution in [2.75, 3.05) is 18.0 Å². The Hall–Kier alpha value is -1.08. The van der Waals surface area contributed by atoms with E-state index in [0.717, 1.165) is 29.0 Å². The molecular weight excluding hydrogens is 206 g/mol. The summed E-state index contributed by atoms with van der Waals surface area (Å²) >= 11 is 1.66. The molecule has 4 heteroatoms. The van der Waals surface area contributed by atoms with Gasteiger partial charge in [0, 0.05) is 24.2 Å². The molecule has 80 valence electrons. The van der Waals surface area contributed by atoms with Crippen LogP contribution in [0.1, 0.15) is 24.6 Å². The molecule has 0 aliphatic carbocycles. The van der Waals surface area contributed by atoms with Crippen molar-refractivity contribution in [3.05, 3.63) is 11.1 Å². The van der Waals surface area contributed by atoms with Crippen LogP contribution in [0.4, 0.5) is 5.13 Å². The molecule has 1 aromatic heterocycles. The van der Waals surface area contributed by atoms with E-state index in [1.54, 1.807) is 11.3 Å². The highest BCUT2D eigenvalue weighted by Gasteiger charge is 2.18. The van der Waals surface area contributed by atoms with Gasteiger partial charge in [0.05, 0.1) is 12.5 Å². The van der Waals surface area contributed by atoms with Gasteiger partial charge in [0.1, 0.15) is 0 Å². The molecule has 0 atom stereocenters. The number of aromatic nitrogens is 1. The van der Waals surface area contributed by atoms with Gasteiger partial charge in [-0.25, -0.2) is 4.98 Å². The van der Waals surface area contributed by atoms with Crippen LogP contribution >= 0.6 is 11.3 Å². The summed E-state index contributed by atoms with van der Waals surface area (Å²) in [6, 6.07) is 2.16. The summed E-state index contributed by atoms with van der Waals surface area (Å²) in [5.41, 5.74) is 0. The Kier molecular flexibility index (Phi) is 3.22. The topological polar surface area (TPSA) is 39.9 Å². The maximum absolute atomic E-state index is 8.59. The molecule has 2 heterocycles. The second-order valence-electron chi connectivity index (χ2n) is 4.11. The summed E-state index contributed by atoms with van der Waals surface area (Å²) in [4.78, 5) is 7.79. The Balaban J connectivity index is 2.00. The summed E-state index contributed by atoms with van der Waals surface area (Å²) in [6.45, 7) is 4.53. The maximum atomic E-state index is 8.59. The Morgan fingerprint density at radius 1 is 1.60 bits per heavy atom. The van der Waals surface area contributed by atoms with Gasteiger partial charge in [-0.1, -0.05) is 6.92 Å². The first-order valence-electron chi connectivity index (χ1n) is 5.36. The predicted octanol–water partition coefficient (Wildman–Crippen LogP) is 2.45. The van der Waals surface area contributed by atoms with E-state index in [9.17, 15) is 0 Å². The predicted molar refractivity (Wildman–Crippen MR) is 62.0 cm³/mol. The third-order valence-electron chi connectivity index (χ3n) is 2.85. The number of hydrogen-bond acceptors (Lipinski definition) is 4. The van der Waals surface area contributed by atoms with Crippen LogP contribution in [0, 0.1) is 17.2 Å². The average molecular weight is 221 g/mol. The minimum absolute atomic E-state index is 0.488. The fourth-order valence-electron chi connectivity index (χ4n) is 1.80. The number of rotatable bonds is 2. The van der Waals surface area contributed by atoms with E-state index in [4.69, 9.17) is 5.26 Å². The van der Waals surface area contributed by atoms with Crippen LogP contribution in [0.3, 0.4) is 0 Å². The van der Waals surface area contributed by atoms with Gasteiger partial charge < -0.3 is 4.90 Å². The van der Waals surface area contributed by atoms with E-state index in [-0.39, 0.29) is 0 Å². The first-order chi connectivity index (χ1) is 7.29. The molecular formula is C11H15N3S. The highest BCUT2D eigenvalue weighted by Crippen LogP contribution is 2.27. The molecule has 1 fully saturated rings. The van der Waals surface area contributed by atoms with Crippen molar-refractivity contribution in [1.29, 1.82) is 5.26 Å². The van der Waals surface area contributed by atoms with Crippen LogP contribution in [0.15, 0.2) is 6.20 Å². The van der Waals surface area contributed by atoms with Gasteiger partial charge in [-0.05, 0) is 18.8 Å². The van der Waals surface area contributed by atoms with Crippen molar-refractivity contribution in [1.82, 2.24) is 4.98 Å². The number of piperidine rings is 1. The third kappa shape index (κ3) is 2.48. The lowest BCUT2D eigenvalue weighted by atomic mass is 10.00. The Morgan fingerprint density at radius 2 is 2.33 bits per heavy atom. The molecule has 15 heavy (non-hydrogen) atoms. The molecule has 0 spiro atoms. The van der Waals surface area contributed by atoms with Gasteiger partial charge in [0.15, 0.2) is 5.13 Å². The SMILES string of the molecule is CC1CCN(c2ncc(CC#N)s2)CC1. The standard InChI is InChI=1S/C11H15N3S/c1-9-3-6-14(7-4-9)11-13-8-10(15-11)2-5-12/h8-9H,2-4,6-7H2,1H3. The van der Waals surface area contributed by atoms with Gasteiger partial charge in [-0.3, -0.25) is 0 Å². The van der Waals surface area contributed by atoms with Crippen molar-refractivity contribution >= 4 is 16.5 Å². The number of anilines is 1. The number of nitrogens with zero attached hydrogens (tertiary/aromatic N) is 3. The molecule has 0 N–H and O–H groups in total. The van der Waals surface area contributed by atoms with Crippen LogP contribution in [-0.4, -0.2) is 18.1 Å². The van der Waals surface area contributed by atoms with Gasteiger partial charge in [0.2, 0.25) is 0 Å². The van der Waals surface area contributed by atoms with E-state index in [1.807, 2.05) is 6.20 Å². The second-order valence-corrected chi connectivity index (χ2v) is 5.21. The van der Waals surface area contributed by atoms with E-state index in [0.29, 0.717) is 6.42 Å². The molecule has 1 aromatic rings. The monoisotopic (exact) mass is 221 g/mol. The van der Waals surface area contributed by atoms with Crippen LogP contribution < -0.4 is 4.90 Å². The lowest BCUT2D eigenvalue weighted by molar-refractivity contribution is 0.438. The zero-order chi connectivity index (χ0) is 10.7. The first kappa shape index (κ1) is 10.4. The van der Waals surface area contributed by atoms with E-state index < -0.39 is 0 Å². The summed E-state index contributed by atoms with van der Waals surface area (Å²) in [5, 5.41) is 9.68.